The highest BCUT2D eigenvalue weighted by atomic mass is 15.3. The first-order valence-corrected chi connectivity index (χ1v) is 7.46. The molecule has 0 amide bonds. The van der Waals surface area contributed by atoms with Crippen molar-refractivity contribution in [3.63, 3.8) is 0 Å². The molecular formula is C14H29N3. The Hall–Kier alpha value is -0.120. The molecular weight excluding hydrogens is 210 g/mol. The predicted molar refractivity (Wildman–Crippen MR) is 73.1 cm³/mol. The van der Waals surface area contributed by atoms with Crippen LogP contribution < -0.4 is 5.73 Å². The van der Waals surface area contributed by atoms with E-state index in [9.17, 15) is 0 Å². The zero-order valence-corrected chi connectivity index (χ0v) is 11.4. The Morgan fingerprint density at radius 1 is 1.06 bits per heavy atom. The fraction of sp³-hybridized carbons (Fsp3) is 1.00. The van der Waals surface area contributed by atoms with Crippen LogP contribution in [0.25, 0.3) is 0 Å². The van der Waals surface area contributed by atoms with Crippen LogP contribution in [-0.4, -0.2) is 55.1 Å². The number of rotatable bonds is 4. The van der Waals surface area contributed by atoms with E-state index in [0.29, 0.717) is 5.92 Å². The van der Waals surface area contributed by atoms with Gasteiger partial charge in [0, 0.05) is 38.8 Å². The fourth-order valence-electron chi connectivity index (χ4n) is 3.27. The average molecular weight is 239 g/mol. The molecule has 0 spiro atoms. The van der Waals surface area contributed by atoms with Crippen molar-refractivity contribution in [1.29, 1.82) is 0 Å². The molecule has 0 aromatic heterocycles. The molecule has 3 nitrogen and oxygen atoms in total. The van der Waals surface area contributed by atoms with Gasteiger partial charge in [0.15, 0.2) is 0 Å². The summed E-state index contributed by atoms with van der Waals surface area (Å²) in [6.45, 7) is 9.33. The zero-order valence-electron chi connectivity index (χ0n) is 11.4. The Morgan fingerprint density at radius 2 is 1.71 bits per heavy atom. The molecule has 1 aliphatic heterocycles. The standard InChI is InChI=1S/C14H29N3/c1-13(11-15)12-16-7-9-17(10-8-16)14-5-3-2-4-6-14/h13-14H,2-12,15H2,1H3. The molecule has 2 rings (SSSR count). The van der Waals surface area contributed by atoms with E-state index in [0.717, 1.165) is 12.6 Å². The van der Waals surface area contributed by atoms with E-state index >= 15 is 0 Å². The summed E-state index contributed by atoms with van der Waals surface area (Å²) in [6, 6.07) is 0.901. The monoisotopic (exact) mass is 239 g/mol. The summed E-state index contributed by atoms with van der Waals surface area (Å²) in [7, 11) is 0. The molecule has 100 valence electrons. The minimum atomic E-state index is 0.649. The molecule has 1 aliphatic carbocycles. The summed E-state index contributed by atoms with van der Waals surface area (Å²) in [5, 5.41) is 0. The highest BCUT2D eigenvalue weighted by molar-refractivity contribution is 4.81. The van der Waals surface area contributed by atoms with E-state index in [1.807, 2.05) is 0 Å². The van der Waals surface area contributed by atoms with Crippen molar-refractivity contribution in [3.05, 3.63) is 0 Å². The number of hydrogen-bond donors (Lipinski definition) is 1. The quantitative estimate of drug-likeness (QED) is 0.807. The van der Waals surface area contributed by atoms with Crippen LogP contribution in [-0.2, 0) is 0 Å². The Labute approximate surface area is 106 Å². The minimum Gasteiger partial charge on any atom is -0.330 e. The molecule has 2 fully saturated rings. The second kappa shape index (κ2) is 6.72. The van der Waals surface area contributed by atoms with E-state index in [2.05, 4.69) is 16.7 Å². The van der Waals surface area contributed by atoms with Crippen LogP contribution in [0.2, 0.25) is 0 Å². The van der Waals surface area contributed by atoms with Gasteiger partial charge in [0.1, 0.15) is 0 Å². The SMILES string of the molecule is CC(CN)CN1CCN(C2CCCCC2)CC1. The van der Waals surface area contributed by atoms with E-state index in [1.54, 1.807) is 0 Å². The molecule has 17 heavy (non-hydrogen) atoms. The van der Waals surface area contributed by atoms with E-state index in [-0.39, 0.29) is 0 Å². The Kier molecular flexibility index (Phi) is 5.26. The average Bonchev–Trinajstić information content (AvgIpc) is 2.40. The second-order valence-electron chi connectivity index (χ2n) is 5.97. The van der Waals surface area contributed by atoms with Gasteiger partial charge in [-0.05, 0) is 25.3 Å². The lowest BCUT2D eigenvalue weighted by molar-refractivity contribution is 0.0728. The maximum atomic E-state index is 5.70. The van der Waals surface area contributed by atoms with Gasteiger partial charge in [-0.3, -0.25) is 4.90 Å². The Balaban J connectivity index is 1.70. The van der Waals surface area contributed by atoms with Gasteiger partial charge >= 0.3 is 0 Å². The van der Waals surface area contributed by atoms with Crippen LogP contribution in [0.1, 0.15) is 39.0 Å². The predicted octanol–water partition coefficient (Wildman–Crippen LogP) is 1.53. The third-order valence-corrected chi connectivity index (χ3v) is 4.47. The number of piperazine rings is 1. The van der Waals surface area contributed by atoms with Crippen molar-refractivity contribution in [2.75, 3.05) is 39.3 Å². The van der Waals surface area contributed by atoms with Crippen LogP contribution in [0.4, 0.5) is 0 Å². The Bertz CT molecular complexity index is 206. The molecule has 0 bridgehead atoms. The van der Waals surface area contributed by atoms with E-state index < -0.39 is 0 Å². The lowest BCUT2D eigenvalue weighted by Gasteiger charge is -2.41. The molecule has 3 heteroatoms. The number of nitrogens with two attached hydrogens (primary N) is 1. The fourth-order valence-corrected chi connectivity index (χ4v) is 3.27. The maximum Gasteiger partial charge on any atom is 0.0113 e. The summed E-state index contributed by atoms with van der Waals surface area (Å²) in [6.07, 6.45) is 7.26. The smallest absolute Gasteiger partial charge is 0.0113 e. The Morgan fingerprint density at radius 3 is 2.29 bits per heavy atom. The molecule has 2 aliphatic rings. The molecule has 1 saturated carbocycles. The first-order valence-electron chi connectivity index (χ1n) is 7.46. The molecule has 0 aromatic carbocycles. The van der Waals surface area contributed by atoms with Crippen molar-refractivity contribution in [2.24, 2.45) is 11.7 Å². The van der Waals surface area contributed by atoms with Crippen LogP contribution in [0.15, 0.2) is 0 Å². The highest BCUT2D eigenvalue weighted by Crippen LogP contribution is 2.23. The maximum absolute atomic E-state index is 5.70. The summed E-state index contributed by atoms with van der Waals surface area (Å²) in [5.41, 5.74) is 5.70. The van der Waals surface area contributed by atoms with Crippen molar-refractivity contribution in [3.8, 4) is 0 Å². The van der Waals surface area contributed by atoms with Crippen LogP contribution >= 0.6 is 0 Å². The third-order valence-electron chi connectivity index (χ3n) is 4.47. The summed E-state index contributed by atoms with van der Waals surface area (Å²) in [4.78, 5) is 5.33. The molecule has 0 radical (unpaired) electrons. The van der Waals surface area contributed by atoms with Crippen molar-refractivity contribution in [1.82, 2.24) is 9.80 Å². The lowest BCUT2D eigenvalue weighted by Crippen LogP contribution is -2.51. The molecule has 2 N–H and O–H groups in total. The third kappa shape index (κ3) is 3.94. The second-order valence-corrected chi connectivity index (χ2v) is 5.97. The van der Waals surface area contributed by atoms with Gasteiger partial charge in [-0.1, -0.05) is 26.2 Å². The number of nitrogens with zero attached hydrogens (tertiary/aromatic N) is 2. The lowest BCUT2D eigenvalue weighted by atomic mass is 9.94. The molecule has 1 saturated heterocycles. The van der Waals surface area contributed by atoms with Crippen molar-refractivity contribution < 1.29 is 0 Å². The topological polar surface area (TPSA) is 32.5 Å². The van der Waals surface area contributed by atoms with Crippen molar-refractivity contribution >= 4 is 0 Å². The van der Waals surface area contributed by atoms with Crippen LogP contribution in [0, 0.1) is 5.92 Å². The van der Waals surface area contributed by atoms with Gasteiger partial charge in [0.05, 0.1) is 0 Å². The van der Waals surface area contributed by atoms with Crippen LogP contribution in [0.3, 0.4) is 0 Å². The van der Waals surface area contributed by atoms with Gasteiger partial charge in [-0.15, -0.1) is 0 Å². The largest absolute Gasteiger partial charge is 0.330 e. The molecule has 1 unspecified atom stereocenters. The summed E-state index contributed by atoms with van der Waals surface area (Å²) < 4.78 is 0. The normalized spacial score (nSPS) is 27.2. The highest BCUT2D eigenvalue weighted by Gasteiger charge is 2.25. The summed E-state index contributed by atoms with van der Waals surface area (Å²) in [5.74, 6) is 0.649. The zero-order chi connectivity index (χ0) is 12.1. The first kappa shape index (κ1) is 13.3. The van der Waals surface area contributed by atoms with Gasteiger partial charge in [-0.2, -0.15) is 0 Å². The first-order chi connectivity index (χ1) is 8.29. The number of hydrogen-bond acceptors (Lipinski definition) is 3. The molecule has 1 heterocycles. The van der Waals surface area contributed by atoms with Crippen molar-refractivity contribution in [2.45, 2.75) is 45.1 Å². The van der Waals surface area contributed by atoms with Gasteiger partial charge in [0.25, 0.3) is 0 Å². The van der Waals surface area contributed by atoms with Gasteiger partial charge < -0.3 is 10.6 Å². The molecule has 1 atom stereocenters. The summed E-state index contributed by atoms with van der Waals surface area (Å²) >= 11 is 0. The van der Waals surface area contributed by atoms with Crippen LogP contribution in [0.5, 0.6) is 0 Å². The van der Waals surface area contributed by atoms with Gasteiger partial charge in [0.2, 0.25) is 0 Å². The van der Waals surface area contributed by atoms with E-state index in [4.69, 9.17) is 5.73 Å². The van der Waals surface area contributed by atoms with Gasteiger partial charge in [-0.25, -0.2) is 0 Å². The minimum absolute atomic E-state index is 0.649. The molecule has 0 aromatic rings. The van der Waals surface area contributed by atoms with E-state index in [1.165, 1.54) is 64.8 Å².